The zero-order valence-corrected chi connectivity index (χ0v) is 18.7. The van der Waals surface area contributed by atoms with Crippen molar-refractivity contribution in [2.75, 3.05) is 19.6 Å². The average molecular weight is 440 g/mol. The Bertz CT molecular complexity index is 1150. The van der Waals surface area contributed by atoms with Crippen molar-refractivity contribution < 1.29 is 9.59 Å². The van der Waals surface area contributed by atoms with Crippen LogP contribution in [0.5, 0.6) is 0 Å². The SMILES string of the molecule is Cc1nc(CN2CCC3(CN(C(=O)c4ccnn4C)CC3c3cn(C)cn3)C2=O)cs1. The largest absolute Gasteiger partial charge is 0.340 e. The molecule has 5 heterocycles. The molecule has 0 radical (unpaired) electrons. The molecule has 2 aliphatic rings. The summed E-state index contributed by atoms with van der Waals surface area (Å²) in [5.74, 6) is -0.145. The van der Waals surface area contributed by atoms with Gasteiger partial charge in [-0.3, -0.25) is 14.3 Å². The fourth-order valence-corrected chi connectivity index (χ4v) is 5.56. The van der Waals surface area contributed by atoms with Crippen molar-refractivity contribution in [3.63, 3.8) is 0 Å². The Morgan fingerprint density at radius 2 is 2.19 bits per heavy atom. The number of carbonyl (C=O) groups is 2. The third-order valence-corrected chi connectivity index (χ3v) is 7.33. The molecule has 3 aromatic rings. The number of aryl methyl sites for hydroxylation is 3. The van der Waals surface area contributed by atoms with Crippen molar-refractivity contribution in [1.29, 1.82) is 0 Å². The number of hydrogen-bond acceptors (Lipinski definition) is 6. The summed E-state index contributed by atoms with van der Waals surface area (Å²) in [7, 11) is 3.68. The Hall–Kier alpha value is -3.01. The van der Waals surface area contributed by atoms with Gasteiger partial charge in [-0.15, -0.1) is 11.3 Å². The lowest BCUT2D eigenvalue weighted by molar-refractivity contribution is -0.136. The summed E-state index contributed by atoms with van der Waals surface area (Å²) in [6.45, 7) is 4.00. The van der Waals surface area contributed by atoms with E-state index in [-0.39, 0.29) is 17.7 Å². The van der Waals surface area contributed by atoms with Crippen LogP contribution >= 0.6 is 11.3 Å². The number of aromatic nitrogens is 5. The molecule has 3 aromatic heterocycles. The molecule has 31 heavy (non-hydrogen) atoms. The molecular weight excluding hydrogens is 414 g/mol. The summed E-state index contributed by atoms with van der Waals surface area (Å²) >= 11 is 1.59. The molecular formula is C21H25N7O2S. The molecule has 2 saturated heterocycles. The first kappa shape index (κ1) is 19.9. The zero-order valence-electron chi connectivity index (χ0n) is 17.9. The molecule has 0 saturated carbocycles. The van der Waals surface area contributed by atoms with Crippen LogP contribution in [0.4, 0.5) is 0 Å². The Morgan fingerprint density at radius 1 is 1.35 bits per heavy atom. The Kier molecular flexibility index (Phi) is 4.69. The van der Waals surface area contributed by atoms with E-state index in [4.69, 9.17) is 0 Å². The van der Waals surface area contributed by atoms with Crippen molar-refractivity contribution in [3.05, 3.63) is 52.3 Å². The van der Waals surface area contributed by atoms with Crippen LogP contribution in [0.1, 0.15) is 39.2 Å². The Labute approximate surface area is 184 Å². The molecule has 2 unspecified atom stereocenters. The quantitative estimate of drug-likeness (QED) is 0.616. The van der Waals surface area contributed by atoms with E-state index in [1.165, 1.54) is 0 Å². The number of nitrogens with zero attached hydrogens (tertiary/aromatic N) is 7. The van der Waals surface area contributed by atoms with Gasteiger partial charge in [0, 0.05) is 57.4 Å². The van der Waals surface area contributed by atoms with Crippen LogP contribution in [0.3, 0.4) is 0 Å². The monoisotopic (exact) mass is 439 g/mol. The highest BCUT2D eigenvalue weighted by Gasteiger charge is 2.58. The molecule has 2 aliphatic heterocycles. The van der Waals surface area contributed by atoms with E-state index in [0.717, 1.165) is 16.4 Å². The second-order valence-electron chi connectivity index (χ2n) is 8.53. The second kappa shape index (κ2) is 7.30. The van der Waals surface area contributed by atoms with E-state index in [0.29, 0.717) is 38.3 Å². The maximum atomic E-state index is 13.8. The number of rotatable bonds is 4. The lowest BCUT2D eigenvalue weighted by atomic mass is 9.75. The lowest BCUT2D eigenvalue weighted by Crippen LogP contribution is -2.40. The second-order valence-corrected chi connectivity index (χ2v) is 9.60. The minimum atomic E-state index is -0.659. The molecule has 0 aliphatic carbocycles. The lowest BCUT2D eigenvalue weighted by Gasteiger charge is -2.27. The first-order valence-corrected chi connectivity index (χ1v) is 11.2. The first-order valence-electron chi connectivity index (χ1n) is 10.3. The Balaban J connectivity index is 1.46. The van der Waals surface area contributed by atoms with Crippen LogP contribution in [0.15, 0.2) is 30.2 Å². The van der Waals surface area contributed by atoms with Gasteiger partial charge in [-0.05, 0) is 19.4 Å². The minimum absolute atomic E-state index is 0.0918. The smallest absolute Gasteiger partial charge is 0.272 e. The van der Waals surface area contributed by atoms with Gasteiger partial charge in [-0.1, -0.05) is 0 Å². The van der Waals surface area contributed by atoms with Gasteiger partial charge in [-0.25, -0.2) is 9.97 Å². The molecule has 9 nitrogen and oxygen atoms in total. The van der Waals surface area contributed by atoms with Gasteiger partial charge in [0.25, 0.3) is 5.91 Å². The van der Waals surface area contributed by atoms with Gasteiger partial charge in [0.1, 0.15) is 5.69 Å². The van der Waals surface area contributed by atoms with Crippen molar-refractivity contribution in [1.82, 2.24) is 34.1 Å². The van der Waals surface area contributed by atoms with E-state index in [2.05, 4.69) is 15.1 Å². The summed E-state index contributed by atoms with van der Waals surface area (Å²) in [4.78, 5) is 39.8. The van der Waals surface area contributed by atoms with Crippen molar-refractivity contribution in [3.8, 4) is 0 Å². The molecule has 5 rings (SSSR count). The highest BCUT2D eigenvalue weighted by molar-refractivity contribution is 7.09. The zero-order chi connectivity index (χ0) is 21.8. The molecule has 10 heteroatoms. The summed E-state index contributed by atoms with van der Waals surface area (Å²) < 4.78 is 3.47. The van der Waals surface area contributed by atoms with E-state index in [1.54, 1.807) is 46.6 Å². The van der Waals surface area contributed by atoms with E-state index >= 15 is 0 Å². The number of imidazole rings is 1. The van der Waals surface area contributed by atoms with Gasteiger partial charge < -0.3 is 14.4 Å². The van der Waals surface area contributed by atoms with Crippen molar-refractivity contribution >= 4 is 23.2 Å². The normalized spacial score (nSPS) is 23.5. The predicted octanol–water partition coefficient (Wildman–Crippen LogP) is 1.58. The van der Waals surface area contributed by atoms with E-state index < -0.39 is 5.41 Å². The van der Waals surface area contributed by atoms with Crippen LogP contribution in [0, 0.1) is 12.3 Å². The molecule has 0 aromatic carbocycles. The predicted molar refractivity (Wildman–Crippen MR) is 114 cm³/mol. The molecule has 162 valence electrons. The molecule has 2 atom stereocenters. The van der Waals surface area contributed by atoms with Crippen LogP contribution in [0.2, 0.25) is 0 Å². The van der Waals surface area contributed by atoms with E-state index in [9.17, 15) is 9.59 Å². The molecule has 0 N–H and O–H groups in total. The fraction of sp³-hybridized carbons (Fsp3) is 0.476. The number of amides is 2. The highest BCUT2D eigenvalue weighted by atomic mass is 32.1. The summed E-state index contributed by atoms with van der Waals surface area (Å²) in [6, 6.07) is 1.72. The van der Waals surface area contributed by atoms with Gasteiger partial charge >= 0.3 is 0 Å². The summed E-state index contributed by atoms with van der Waals surface area (Å²) in [5.41, 5.74) is 1.65. The maximum Gasteiger partial charge on any atom is 0.272 e. The standard InChI is InChI=1S/C21H25N7O2S/c1-14-24-15(11-31-14)8-27-7-5-21(20(27)30)12-28(19(29)18-4-6-23-26(18)3)9-16(21)17-10-25(2)13-22-17/h4,6,10-11,13,16H,5,7-9,12H2,1-3H3. The minimum Gasteiger partial charge on any atom is -0.340 e. The van der Waals surface area contributed by atoms with Gasteiger partial charge in [0.2, 0.25) is 5.91 Å². The van der Waals surface area contributed by atoms with Gasteiger partial charge in [0.15, 0.2) is 0 Å². The number of likely N-dealkylation sites (tertiary alicyclic amines) is 2. The third-order valence-electron chi connectivity index (χ3n) is 6.51. The topological polar surface area (TPSA) is 89.2 Å². The van der Waals surface area contributed by atoms with Crippen molar-refractivity contribution in [2.24, 2.45) is 19.5 Å². The van der Waals surface area contributed by atoms with E-state index in [1.807, 2.05) is 35.0 Å². The van der Waals surface area contributed by atoms with Crippen LogP contribution in [-0.2, 0) is 25.4 Å². The number of carbonyl (C=O) groups excluding carboxylic acids is 2. The first-order chi connectivity index (χ1) is 14.9. The molecule has 2 amide bonds. The van der Waals surface area contributed by atoms with Crippen molar-refractivity contribution in [2.45, 2.75) is 25.8 Å². The fourth-order valence-electron chi connectivity index (χ4n) is 4.96. The van der Waals surface area contributed by atoms with Crippen LogP contribution in [0.25, 0.3) is 0 Å². The summed E-state index contributed by atoms with van der Waals surface area (Å²) in [5, 5.41) is 7.13. The van der Waals surface area contributed by atoms with Gasteiger partial charge in [0.05, 0.1) is 34.7 Å². The molecule has 1 spiro atoms. The van der Waals surface area contributed by atoms with Crippen LogP contribution in [-0.4, -0.2) is 65.6 Å². The summed E-state index contributed by atoms with van der Waals surface area (Å²) in [6.07, 6.45) is 6.03. The number of hydrogen-bond donors (Lipinski definition) is 0. The molecule has 0 bridgehead atoms. The maximum absolute atomic E-state index is 13.8. The molecule has 2 fully saturated rings. The number of thiazole rings is 1. The third kappa shape index (κ3) is 3.25. The van der Waals surface area contributed by atoms with Crippen LogP contribution < -0.4 is 0 Å². The average Bonchev–Trinajstić information content (AvgIpc) is 3.54. The van der Waals surface area contributed by atoms with Gasteiger partial charge in [-0.2, -0.15) is 5.10 Å². The Morgan fingerprint density at radius 3 is 2.84 bits per heavy atom. The highest BCUT2D eigenvalue weighted by Crippen LogP contribution is 2.50.